The average molecular weight is 523 g/mol. The van der Waals surface area contributed by atoms with Crippen LogP contribution in [0.15, 0.2) is 36.7 Å². The van der Waals surface area contributed by atoms with Gasteiger partial charge in [0.1, 0.15) is 17.2 Å². The van der Waals surface area contributed by atoms with E-state index in [0.717, 1.165) is 50.7 Å². The van der Waals surface area contributed by atoms with Crippen LogP contribution in [0, 0.1) is 12.7 Å². The smallest absolute Gasteiger partial charge is 0.223 e. The summed E-state index contributed by atoms with van der Waals surface area (Å²) < 4.78 is 17.1. The summed E-state index contributed by atoms with van der Waals surface area (Å²) in [5.41, 5.74) is 3.89. The zero-order valence-electron chi connectivity index (χ0n) is 21.7. The molecule has 4 aromatic rings. The molecule has 0 spiro atoms. The second-order valence-electron chi connectivity index (χ2n) is 9.74. The second-order valence-corrected chi connectivity index (χ2v) is 10.1. The molecule has 5 rings (SSSR count). The van der Waals surface area contributed by atoms with Gasteiger partial charge >= 0.3 is 0 Å². The fraction of sp³-hybridized carbons (Fsp3) is 0.407. The molecule has 10 heteroatoms. The number of nitrogens with zero attached hydrogens (tertiary/aromatic N) is 7. The Bertz CT molecular complexity index is 1390. The van der Waals surface area contributed by atoms with Gasteiger partial charge in [0, 0.05) is 50.5 Å². The van der Waals surface area contributed by atoms with Gasteiger partial charge in [-0.15, -0.1) is 0 Å². The van der Waals surface area contributed by atoms with Crippen LogP contribution in [0.2, 0.25) is 5.28 Å². The highest BCUT2D eigenvalue weighted by atomic mass is 35.5. The monoisotopic (exact) mass is 522 g/mol. The van der Waals surface area contributed by atoms with Gasteiger partial charge in [0.15, 0.2) is 5.82 Å². The number of aryl methyl sites for hydroxylation is 1. The van der Waals surface area contributed by atoms with E-state index in [-0.39, 0.29) is 11.3 Å². The van der Waals surface area contributed by atoms with Gasteiger partial charge in [-0.25, -0.2) is 24.3 Å². The molecule has 8 nitrogen and oxygen atoms in total. The second kappa shape index (κ2) is 10.7. The average Bonchev–Trinajstić information content (AvgIpc) is 3.23. The molecule has 0 amide bonds. The van der Waals surface area contributed by atoms with Crippen molar-refractivity contribution >= 4 is 34.1 Å². The molecule has 1 fully saturated rings. The largest absolute Gasteiger partial charge is 0.337 e. The van der Waals surface area contributed by atoms with Crippen LogP contribution < -0.4 is 5.32 Å². The lowest BCUT2D eigenvalue weighted by atomic mass is 10.1. The van der Waals surface area contributed by atoms with Crippen LogP contribution in [0.25, 0.3) is 22.3 Å². The van der Waals surface area contributed by atoms with Crippen LogP contribution in [-0.2, 0) is 6.54 Å². The molecule has 1 saturated heterocycles. The number of anilines is 2. The van der Waals surface area contributed by atoms with E-state index >= 15 is 4.39 Å². The maximum absolute atomic E-state index is 15.1. The summed E-state index contributed by atoms with van der Waals surface area (Å²) >= 11 is 6.16. The number of imidazole rings is 1. The van der Waals surface area contributed by atoms with E-state index in [2.05, 4.69) is 48.0 Å². The van der Waals surface area contributed by atoms with Gasteiger partial charge in [-0.3, -0.25) is 4.90 Å². The van der Waals surface area contributed by atoms with Crippen molar-refractivity contribution in [3.8, 4) is 11.3 Å². The SMILES string of the molecule is CCN1CCN(Cc2ccc(Nc3cnc(Cl)nc3-c3cc(F)c4nc(C)n(C(C)C)c4c3)nc2)CC1. The van der Waals surface area contributed by atoms with E-state index in [1.807, 2.05) is 43.7 Å². The van der Waals surface area contributed by atoms with Gasteiger partial charge in [0.05, 0.1) is 23.1 Å². The third-order valence-electron chi connectivity index (χ3n) is 6.88. The molecule has 0 bridgehead atoms. The minimum atomic E-state index is -0.405. The van der Waals surface area contributed by atoms with Crippen molar-refractivity contribution in [1.29, 1.82) is 0 Å². The van der Waals surface area contributed by atoms with Gasteiger partial charge in [0.2, 0.25) is 5.28 Å². The van der Waals surface area contributed by atoms with Gasteiger partial charge in [-0.2, -0.15) is 0 Å². The first-order valence-electron chi connectivity index (χ1n) is 12.7. The van der Waals surface area contributed by atoms with Crippen LogP contribution in [0.3, 0.4) is 0 Å². The number of fused-ring (bicyclic) bond motifs is 1. The first-order chi connectivity index (χ1) is 17.8. The highest BCUT2D eigenvalue weighted by Crippen LogP contribution is 2.33. The highest BCUT2D eigenvalue weighted by molar-refractivity contribution is 6.28. The normalized spacial score (nSPS) is 15.1. The Kier molecular flexibility index (Phi) is 7.37. The third kappa shape index (κ3) is 5.44. The lowest BCUT2D eigenvalue weighted by Crippen LogP contribution is -2.45. The minimum absolute atomic E-state index is 0.0843. The van der Waals surface area contributed by atoms with Gasteiger partial charge in [0.25, 0.3) is 0 Å². The molecule has 1 aromatic carbocycles. The Labute approximate surface area is 221 Å². The summed E-state index contributed by atoms with van der Waals surface area (Å²) in [6.07, 6.45) is 3.49. The van der Waals surface area contributed by atoms with Crippen molar-refractivity contribution in [2.24, 2.45) is 0 Å². The zero-order valence-corrected chi connectivity index (χ0v) is 22.4. The number of hydrogen-bond acceptors (Lipinski definition) is 7. The van der Waals surface area contributed by atoms with Crippen LogP contribution in [0.5, 0.6) is 0 Å². The molecule has 0 radical (unpaired) electrons. The Morgan fingerprint density at radius 3 is 2.46 bits per heavy atom. The zero-order chi connectivity index (χ0) is 26.1. The Balaban J connectivity index is 1.40. The molecule has 0 aliphatic carbocycles. The molecule has 0 atom stereocenters. The summed E-state index contributed by atoms with van der Waals surface area (Å²) in [6, 6.07) is 7.49. The van der Waals surface area contributed by atoms with Crippen LogP contribution in [-0.4, -0.2) is 67.0 Å². The first kappa shape index (κ1) is 25.5. The molecule has 1 aliphatic heterocycles. The van der Waals surface area contributed by atoms with E-state index < -0.39 is 5.82 Å². The van der Waals surface area contributed by atoms with Crippen molar-refractivity contribution in [3.05, 3.63) is 59.1 Å². The number of aromatic nitrogens is 5. The molecule has 4 heterocycles. The van der Waals surface area contributed by atoms with Gasteiger partial charge in [-0.05, 0) is 62.7 Å². The first-order valence-corrected chi connectivity index (χ1v) is 13.1. The summed E-state index contributed by atoms with van der Waals surface area (Å²) in [4.78, 5) is 22.5. The van der Waals surface area contributed by atoms with E-state index in [9.17, 15) is 0 Å². The maximum Gasteiger partial charge on any atom is 0.223 e. The van der Waals surface area contributed by atoms with Gasteiger partial charge < -0.3 is 14.8 Å². The van der Waals surface area contributed by atoms with Crippen LogP contribution in [0.1, 0.15) is 38.2 Å². The predicted octanol–water partition coefficient (Wildman–Crippen LogP) is 5.45. The number of likely N-dealkylation sites (N-methyl/N-ethyl adjacent to an activating group) is 1. The summed E-state index contributed by atoms with van der Waals surface area (Å²) in [6.45, 7) is 14.5. The van der Waals surface area contributed by atoms with Crippen molar-refractivity contribution < 1.29 is 4.39 Å². The Morgan fingerprint density at radius 2 is 1.78 bits per heavy atom. The minimum Gasteiger partial charge on any atom is -0.337 e. The van der Waals surface area contributed by atoms with Crippen molar-refractivity contribution in [3.63, 3.8) is 0 Å². The van der Waals surface area contributed by atoms with E-state index in [1.165, 1.54) is 6.07 Å². The molecular formula is C27H32ClFN8. The third-order valence-corrected chi connectivity index (χ3v) is 7.06. The molecule has 37 heavy (non-hydrogen) atoms. The Morgan fingerprint density at radius 1 is 1.03 bits per heavy atom. The molecule has 3 aromatic heterocycles. The van der Waals surface area contributed by atoms with Crippen LogP contribution >= 0.6 is 11.6 Å². The number of rotatable bonds is 7. The van der Waals surface area contributed by atoms with Crippen molar-refractivity contribution in [1.82, 2.24) is 34.3 Å². The van der Waals surface area contributed by atoms with Crippen molar-refractivity contribution in [2.45, 2.75) is 40.3 Å². The summed E-state index contributed by atoms with van der Waals surface area (Å²) in [5, 5.41) is 3.38. The number of piperazine rings is 1. The van der Waals surface area contributed by atoms with E-state index in [1.54, 1.807) is 6.20 Å². The fourth-order valence-electron chi connectivity index (χ4n) is 4.98. The van der Waals surface area contributed by atoms with E-state index in [0.29, 0.717) is 33.8 Å². The molecule has 194 valence electrons. The Hall–Kier alpha value is -3.14. The number of nitrogens with one attached hydrogen (secondary N) is 1. The fourth-order valence-corrected chi connectivity index (χ4v) is 5.11. The number of pyridine rings is 1. The highest BCUT2D eigenvalue weighted by Gasteiger charge is 2.19. The molecule has 1 aliphatic rings. The van der Waals surface area contributed by atoms with Crippen LogP contribution in [0.4, 0.5) is 15.9 Å². The quantitative estimate of drug-likeness (QED) is 0.323. The number of halogens is 2. The number of benzene rings is 1. The molecular weight excluding hydrogens is 491 g/mol. The van der Waals surface area contributed by atoms with Crippen molar-refractivity contribution in [2.75, 3.05) is 38.0 Å². The number of hydrogen-bond donors (Lipinski definition) is 1. The van der Waals surface area contributed by atoms with Gasteiger partial charge in [-0.1, -0.05) is 13.0 Å². The standard InChI is InChI=1S/C27H32ClFN8/c1-5-35-8-10-36(11-9-35)16-19-6-7-24(30-14-19)33-22-15-31-27(28)34-25(22)20-12-21(29)26-23(13-20)37(17(2)3)18(4)32-26/h6-7,12-15,17H,5,8-11,16H2,1-4H3,(H,30,33). The topological polar surface area (TPSA) is 75.0 Å². The molecule has 1 N–H and O–H groups in total. The molecule has 0 saturated carbocycles. The maximum atomic E-state index is 15.1. The summed E-state index contributed by atoms with van der Waals surface area (Å²) in [5.74, 6) is 1.01. The molecule has 0 unspecified atom stereocenters. The predicted molar refractivity (Wildman–Crippen MR) is 146 cm³/mol. The lowest BCUT2D eigenvalue weighted by Gasteiger charge is -2.33. The lowest BCUT2D eigenvalue weighted by molar-refractivity contribution is 0.132. The van der Waals surface area contributed by atoms with E-state index in [4.69, 9.17) is 11.6 Å². The summed E-state index contributed by atoms with van der Waals surface area (Å²) in [7, 11) is 0.